The predicted molar refractivity (Wildman–Crippen MR) is 154 cm³/mol. The zero-order chi connectivity index (χ0) is 28.8. The second-order valence-electron chi connectivity index (χ2n) is 13.4. The number of ether oxygens (including phenoxy) is 1. The second kappa shape index (κ2) is 10.7. The van der Waals surface area contributed by atoms with Crippen LogP contribution in [0, 0.1) is 17.8 Å². The molecule has 2 saturated carbocycles. The smallest absolute Gasteiger partial charge is 0.408 e. The number of nitrogens with zero attached hydrogens (tertiary/aromatic N) is 2. The van der Waals surface area contributed by atoms with E-state index in [4.69, 9.17) is 4.74 Å². The fourth-order valence-corrected chi connectivity index (χ4v) is 6.32. The van der Waals surface area contributed by atoms with Crippen molar-refractivity contribution in [1.82, 2.24) is 20.4 Å². The van der Waals surface area contributed by atoms with Crippen molar-refractivity contribution in [2.45, 2.75) is 110 Å². The minimum Gasteiger partial charge on any atom is -0.444 e. The Kier molecular flexibility index (Phi) is 7.63. The number of aromatic nitrogens is 2. The van der Waals surface area contributed by atoms with Gasteiger partial charge in [0, 0.05) is 17.9 Å². The molecule has 9 heteroatoms. The first kappa shape index (κ1) is 28.5. The van der Waals surface area contributed by atoms with E-state index < -0.39 is 29.5 Å². The number of amides is 2. The molecule has 3 aliphatic rings. The lowest BCUT2D eigenvalue weighted by molar-refractivity contribution is 0.0461. The first-order chi connectivity index (χ1) is 18.8. The molecular weight excluding hydrogens is 506 g/mol. The lowest BCUT2D eigenvalue weighted by Gasteiger charge is -2.33. The summed E-state index contributed by atoms with van der Waals surface area (Å²) < 4.78 is 7.22. The number of fused-ring (bicyclic) bond motifs is 1. The van der Waals surface area contributed by atoms with E-state index in [-0.39, 0.29) is 17.9 Å². The number of aryl methyl sites for hydroxylation is 1. The Morgan fingerprint density at radius 1 is 1.12 bits per heavy atom. The molecule has 0 radical (unpaired) electrons. The van der Waals surface area contributed by atoms with Crippen LogP contribution < -0.4 is 16.0 Å². The maximum atomic E-state index is 13.4. The number of hydrogen-bond acceptors (Lipinski definition) is 6. The Bertz CT molecular complexity index is 1230. The van der Waals surface area contributed by atoms with Crippen LogP contribution in [-0.2, 0) is 16.7 Å². The van der Waals surface area contributed by atoms with Gasteiger partial charge in [0.05, 0.1) is 11.6 Å². The highest BCUT2D eigenvalue weighted by Crippen LogP contribution is 2.51. The molecule has 3 aliphatic carbocycles. The van der Waals surface area contributed by atoms with E-state index in [1.807, 2.05) is 53.7 Å². The van der Waals surface area contributed by atoms with Gasteiger partial charge in [-0.25, -0.2) is 4.79 Å². The number of benzene rings is 1. The van der Waals surface area contributed by atoms with Crippen LogP contribution in [0.3, 0.4) is 0 Å². The first-order valence-corrected chi connectivity index (χ1v) is 14.8. The molecule has 0 spiro atoms. The van der Waals surface area contributed by atoms with Crippen molar-refractivity contribution in [3.05, 3.63) is 47.3 Å². The lowest BCUT2D eigenvalue weighted by atomic mass is 9.88. The standard InChI is InChI=1S/C31H45N5O4/c1-18(2)36-24(14-16-32-36)27(37)34-26(25(19-7-8-19)20-9-10-20)28(38)33-22-11-12-23-21(17-22)13-15-31(23,6)35-29(39)40-30(3,4)5/h11-12,14,16-20,25-26,28,33,38H,7-10,13,15H2,1-6H3,(H,34,37)(H,35,39)/t26-,28?,31?/m0/s1. The number of hydrogen-bond donors (Lipinski definition) is 4. The molecule has 40 heavy (non-hydrogen) atoms. The summed E-state index contributed by atoms with van der Waals surface area (Å²) in [7, 11) is 0. The average molecular weight is 552 g/mol. The molecule has 2 fully saturated rings. The van der Waals surface area contributed by atoms with Crippen LogP contribution in [-0.4, -0.2) is 44.8 Å². The number of carbonyl (C=O) groups excluding carboxylic acids is 2. The summed E-state index contributed by atoms with van der Waals surface area (Å²) in [4.78, 5) is 25.9. The van der Waals surface area contributed by atoms with Crippen molar-refractivity contribution in [2.75, 3.05) is 5.32 Å². The van der Waals surface area contributed by atoms with E-state index in [9.17, 15) is 14.7 Å². The third-order valence-corrected chi connectivity index (χ3v) is 8.46. The molecule has 4 N–H and O–H groups in total. The molecule has 218 valence electrons. The van der Waals surface area contributed by atoms with Crippen LogP contribution in [0.1, 0.15) is 101 Å². The van der Waals surface area contributed by atoms with Crippen LogP contribution in [0.15, 0.2) is 30.5 Å². The molecule has 1 aromatic heterocycles. The number of nitrogens with one attached hydrogen (secondary N) is 3. The highest BCUT2D eigenvalue weighted by molar-refractivity contribution is 5.92. The van der Waals surface area contributed by atoms with Gasteiger partial charge in [0.15, 0.2) is 0 Å². The quantitative estimate of drug-likeness (QED) is 0.305. The van der Waals surface area contributed by atoms with Crippen molar-refractivity contribution in [2.24, 2.45) is 17.8 Å². The summed E-state index contributed by atoms with van der Waals surface area (Å²) in [6, 6.07) is 7.38. The molecule has 5 rings (SSSR count). The normalized spacial score (nSPS) is 22.1. The van der Waals surface area contributed by atoms with E-state index >= 15 is 0 Å². The maximum Gasteiger partial charge on any atom is 0.408 e. The minimum absolute atomic E-state index is 0.0572. The van der Waals surface area contributed by atoms with Gasteiger partial charge in [-0.3, -0.25) is 9.48 Å². The summed E-state index contributed by atoms with van der Waals surface area (Å²) >= 11 is 0. The van der Waals surface area contributed by atoms with Crippen molar-refractivity contribution in [3.8, 4) is 0 Å². The number of alkyl carbamates (subject to hydrolysis) is 1. The van der Waals surface area contributed by atoms with Gasteiger partial charge >= 0.3 is 6.09 Å². The Balaban J connectivity index is 1.32. The van der Waals surface area contributed by atoms with Crippen molar-refractivity contribution < 1.29 is 19.4 Å². The molecule has 3 atom stereocenters. The van der Waals surface area contributed by atoms with Gasteiger partial charge < -0.3 is 25.8 Å². The number of carbonyl (C=O) groups is 2. The Morgan fingerprint density at radius 3 is 2.40 bits per heavy atom. The van der Waals surface area contributed by atoms with Crippen LogP contribution in [0.4, 0.5) is 10.5 Å². The highest BCUT2D eigenvalue weighted by atomic mass is 16.6. The van der Waals surface area contributed by atoms with E-state index in [0.717, 1.165) is 55.3 Å². The van der Waals surface area contributed by atoms with Gasteiger partial charge in [-0.15, -0.1) is 0 Å². The second-order valence-corrected chi connectivity index (χ2v) is 13.4. The van der Waals surface area contributed by atoms with Gasteiger partial charge in [-0.2, -0.15) is 5.10 Å². The largest absolute Gasteiger partial charge is 0.444 e. The van der Waals surface area contributed by atoms with E-state index in [1.54, 1.807) is 16.9 Å². The van der Waals surface area contributed by atoms with Gasteiger partial charge in [0.25, 0.3) is 5.91 Å². The van der Waals surface area contributed by atoms with E-state index in [0.29, 0.717) is 17.5 Å². The van der Waals surface area contributed by atoms with Crippen LogP contribution in [0.2, 0.25) is 0 Å². The summed E-state index contributed by atoms with van der Waals surface area (Å²) in [5.74, 6) is 1.09. The zero-order valence-corrected chi connectivity index (χ0v) is 24.7. The topological polar surface area (TPSA) is 118 Å². The molecule has 1 heterocycles. The van der Waals surface area contributed by atoms with Crippen LogP contribution >= 0.6 is 0 Å². The van der Waals surface area contributed by atoms with E-state index in [2.05, 4.69) is 27.1 Å². The zero-order valence-electron chi connectivity index (χ0n) is 24.7. The molecule has 0 saturated heterocycles. The number of anilines is 1. The SMILES string of the molecule is CC(C)n1nccc1C(=O)N[C@H](C(O)Nc1ccc2c(c1)CCC2(C)NC(=O)OC(C)(C)C)C(C1CC1)C1CC1. The molecule has 0 aliphatic heterocycles. The van der Waals surface area contributed by atoms with Gasteiger partial charge in [0.2, 0.25) is 0 Å². The van der Waals surface area contributed by atoms with Crippen molar-refractivity contribution in [3.63, 3.8) is 0 Å². The number of aliphatic hydroxyl groups is 1. The number of rotatable bonds is 10. The fraction of sp³-hybridized carbons (Fsp3) is 0.645. The number of aliphatic hydroxyl groups excluding tert-OH is 1. The first-order valence-electron chi connectivity index (χ1n) is 14.8. The van der Waals surface area contributed by atoms with Crippen LogP contribution in [0.5, 0.6) is 0 Å². The Morgan fingerprint density at radius 2 is 1.80 bits per heavy atom. The highest BCUT2D eigenvalue weighted by Gasteiger charge is 2.48. The maximum absolute atomic E-state index is 13.4. The molecule has 1 aromatic carbocycles. The monoisotopic (exact) mass is 551 g/mol. The van der Waals surface area contributed by atoms with Crippen molar-refractivity contribution >= 4 is 17.7 Å². The molecule has 0 bridgehead atoms. The van der Waals surface area contributed by atoms with Crippen molar-refractivity contribution in [1.29, 1.82) is 0 Å². The fourth-order valence-electron chi connectivity index (χ4n) is 6.32. The molecule has 2 aromatic rings. The average Bonchev–Trinajstić information content (AvgIpc) is 3.79. The van der Waals surface area contributed by atoms with E-state index in [1.165, 1.54) is 0 Å². The molecule has 9 nitrogen and oxygen atoms in total. The Hall–Kier alpha value is -3.07. The third-order valence-electron chi connectivity index (χ3n) is 8.46. The summed E-state index contributed by atoms with van der Waals surface area (Å²) in [5, 5.41) is 25.5. The molecule has 2 unspecified atom stereocenters. The minimum atomic E-state index is -0.948. The summed E-state index contributed by atoms with van der Waals surface area (Å²) in [6.07, 6.45) is 6.42. The Labute approximate surface area is 237 Å². The van der Waals surface area contributed by atoms with Gasteiger partial charge in [-0.05, 0) is 127 Å². The molecule has 2 amide bonds. The molecular formula is C31H45N5O4. The summed E-state index contributed by atoms with van der Waals surface area (Å²) in [6.45, 7) is 11.6. The van der Waals surface area contributed by atoms with Gasteiger partial charge in [0.1, 0.15) is 17.5 Å². The third kappa shape index (κ3) is 6.29. The summed E-state index contributed by atoms with van der Waals surface area (Å²) in [5.41, 5.74) is 2.40. The van der Waals surface area contributed by atoms with Crippen LogP contribution in [0.25, 0.3) is 0 Å². The lowest BCUT2D eigenvalue weighted by Crippen LogP contribution is -2.52. The predicted octanol–water partition coefficient (Wildman–Crippen LogP) is 5.12. The van der Waals surface area contributed by atoms with Gasteiger partial charge in [-0.1, -0.05) is 6.07 Å².